The number of aryl methyl sites for hydroxylation is 2. The minimum atomic E-state index is 0.623. The number of benzene rings is 1. The first-order chi connectivity index (χ1) is 9.55. The van der Waals surface area contributed by atoms with Crippen molar-refractivity contribution in [3.63, 3.8) is 0 Å². The maximum absolute atomic E-state index is 6.13. The van der Waals surface area contributed by atoms with Gasteiger partial charge >= 0.3 is 0 Å². The first-order valence-corrected chi connectivity index (χ1v) is 6.80. The van der Waals surface area contributed by atoms with Crippen LogP contribution < -0.4 is 16.6 Å². The van der Waals surface area contributed by atoms with Crippen molar-refractivity contribution < 1.29 is 0 Å². The topological polar surface area (TPSA) is 75.9 Å². The van der Waals surface area contributed by atoms with E-state index in [0.29, 0.717) is 5.82 Å². The Balaban J connectivity index is 2.39. The molecule has 0 bridgehead atoms. The molecule has 1 aromatic carbocycles. The Kier molecular flexibility index (Phi) is 4.42. The van der Waals surface area contributed by atoms with E-state index in [2.05, 4.69) is 20.7 Å². The average Bonchev–Trinajstić information content (AvgIpc) is 2.45. The first-order valence-electron chi connectivity index (χ1n) is 6.42. The van der Waals surface area contributed by atoms with Crippen LogP contribution in [0.5, 0.6) is 0 Å². The van der Waals surface area contributed by atoms with E-state index < -0.39 is 0 Å². The SMILES string of the molecule is CCc1nc(NN)c(C)c(Nc2ccc(C)c(Cl)c2)n1. The molecule has 0 spiro atoms. The predicted octanol–water partition coefficient (Wildman–Crippen LogP) is 3.34. The Morgan fingerprint density at radius 3 is 2.50 bits per heavy atom. The van der Waals surface area contributed by atoms with Crippen LogP contribution in [0.4, 0.5) is 17.3 Å². The molecule has 0 fully saturated rings. The predicted molar refractivity (Wildman–Crippen MR) is 83.4 cm³/mol. The molecule has 2 rings (SSSR count). The lowest BCUT2D eigenvalue weighted by Crippen LogP contribution is -2.13. The highest BCUT2D eigenvalue weighted by Crippen LogP contribution is 2.26. The lowest BCUT2D eigenvalue weighted by atomic mass is 10.2. The van der Waals surface area contributed by atoms with Gasteiger partial charge in [-0.1, -0.05) is 24.6 Å². The fourth-order valence-corrected chi connectivity index (χ4v) is 1.97. The molecule has 0 amide bonds. The fourth-order valence-electron chi connectivity index (χ4n) is 1.79. The van der Waals surface area contributed by atoms with E-state index in [9.17, 15) is 0 Å². The van der Waals surface area contributed by atoms with Crippen LogP contribution >= 0.6 is 11.6 Å². The minimum Gasteiger partial charge on any atom is -0.340 e. The summed E-state index contributed by atoms with van der Waals surface area (Å²) in [7, 11) is 0. The molecular weight excluding hydrogens is 274 g/mol. The van der Waals surface area contributed by atoms with Crippen LogP contribution in [0.2, 0.25) is 5.02 Å². The fraction of sp³-hybridized carbons (Fsp3) is 0.286. The molecule has 0 aliphatic carbocycles. The van der Waals surface area contributed by atoms with Crippen LogP contribution in [-0.4, -0.2) is 9.97 Å². The van der Waals surface area contributed by atoms with Gasteiger partial charge in [-0.2, -0.15) is 0 Å². The molecule has 2 aromatic rings. The Morgan fingerprint density at radius 2 is 1.90 bits per heavy atom. The first kappa shape index (κ1) is 14.6. The van der Waals surface area contributed by atoms with Crippen LogP contribution in [0.1, 0.15) is 23.9 Å². The van der Waals surface area contributed by atoms with Gasteiger partial charge in [0.25, 0.3) is 0 Å². The molecule has 106 valence electrons. The number of halogens is 1. The maximum Gasteiger partial charge on any atom is 0.148 e. The lowest BCUT2D eigenvalue weighted by molar-refractivity contribution is 0.932. The molecular formula is C14H18ClN5. The van der Waals surface area contributed by atoms with Gasteiger partial charge in [-0.15, -0.1) is 0 Å². The summed E-state index contributed by atoms with van der Waals surface area (Å²) in [6.07, 6.45) is 0.734. The standard InChI is InChI=1S/C14H18ClN5/c1-4-12-18-13(9(3)14(19-12)20-16)17-10-6-5-8(2)11(15)7-10/h5-7H,4,16H2,1-3H3,(H2,17,18,19,20). The molecule has 20 heavy (non-hydrogen) atoms. The van der Waals surface area contributed by atoms with Crippen molar-refractivity contribution in [2.24, 2.45) is 5.84 Å². The Bertz CT molecular complexity index is 627. The molecule has 0 unspecified atom stereocenters. The molecule has 6 heteroatoms. The van der Waals surface area contributed by atoms with Crippen molar-refractivity contribution in [2.45, 2.75) is 27.2 Å². The van der Waals surface area contributed by atoms with Crippen molar-refractivity contribution in [2.75, 3.05) is 10.7 Å². The van der Waals surface area contributed by atoms with Gasteiger partial charge < -0.3 is 10.7 Å². The van der Waals surface area contributed by atoms with Gasteiger partial charge in [-0.05, 0) is 31.5 Å². The number of aromatic nitrogens is 2. The van der Waals surface area contributed by atoms with Crippen molar-refractivity contribution in [1.82, 2.24) is 9.97 Å². The quantitative estimate of drug-likeness (QED) is 0.595. The molecule has 0 aliphatic rings. The van der Waals surface area contributed by atoms with Gasteiger partial charge in [-0.25, -0.2) is 15.8 Å². The number of rotatable bonds is 4. The molecule has 4 N–H and O–H groups in total. The second-order valence-electron chi connectivity index (χ2n) is 4.55. The molecule has 0 saturated heterocycles. The minimum absolute atomic E-state index is 0.623. The monoisotopic (exact) mass is 291 g/mol. The van der Waals surface area contributed by atoms with Gasteiger partial charge in [0.1, 0.15) is 17.5 Å². The molecule has 0 atom stereocenters. The summed E-state index contributed by atoms with van der Waals surface area (Å²) in [5.41, 5.74) is 5.38. The molecule has 1 heterocycles. The molecule has 1 aromatic heterocycles. The molecule has 0 radical (unpaired) electrons. The van der Waals surface area contributed by atoms with Crippen molar-refractivity contribution >= 4 is 28.9 Å². The lowest BCUT2D eigenvalue weighted by Gasteiger charge is -2.13. The van der Waals surface area contributed by atoms with E-state index in [-0.39, 0.29) is 0 Å². The van der Waals surface area contributed by atoms with Gasteiger partial charge in [-0.3, -0.25) is 0 Å². The van der Waals surface area contributed by atoms with E-state index in [1.165, 1.54) is 0 Å². The third kappa shape index (κ3) is 3.00. The molecule has 0 saturated carbocycles. The highest BCUT2D eigenvalue weighted by molar-refractivity contribution is 6.31. The number of hydrazine groups is 1. The van der Waals surface area contributed by atoms with E-state index in [1.54, 1.807) is 0 Å². The largest absolute Gasteiger partial charge is 0.340 e. The normalized spacial score (nSPS) is 10.4. The van der Waals surface area contributed by atoms with Gasteiger partial charge in [0.2, 0.25) is 0 Å². The zero-order valence-corrected chi connectivity index (χ0v) is 12.5. The summed E-state index contributed by atoms with van der Waals surface area (Å²) in [5.74, 6) is 7.57. The number of nitrogens with one attached hydrogen (secondary N) is 2. The Hall–Kier alpha value is -1.85. The highest BCUT2D eigenvalue weighted by atomic mass is 35.5. The third-order valence-corrected chi connectivity index (χ3v) is 3.49. The Morgan fingerprint density at radius 1 is 1.20 bits per heavy atom. The van der Waals surface area contributed by atoms with E-state index in [4.69, 9.17) is 17.4 Å². The summed E-state index contributed by atoms with van der Waals surface area (Å²) in [4.78, 5) is 8.82. The number of hydrogen-bond acceptors (Lipinski definition) is 5. The van der Waals surface area contributed by atoms with E-state index >= 15 is 0 Å². The maximum atomic E-state index is 6.13. The number of nitrogens with zero attached hydrogens (tertiary/aromatic N) is 2. The second kappa shape index (κ2) is 6.07. The number of hydrogen-bond donors (Lipinski definition) is 3. The summed E-state index contributed by atoms with van der Waals surface area (Å²) in [6.45, 7) is 5.87. The summed E-state index contributed by atoms with van der Waals surface area (Å²) in [5, 5.41) is 3.98. The zero-order valence-electron chi connectivity index (χ0n) is 11.8. The van der Waals surface area contributed by atoms with Crippen LogP contribution in [0.25, 0.3) is 0 Å². The van der Waals surface area contributed by atoms with Crippen LogP contribution in [-0.2, 0) is 6.42 Å². The van der Waals surface area contributed by atoms with Crippen molar-refractivity contribution in [3.05, 3.63) is 40.2 Å². The van der Waals surface area contributed by atoms with Crippen molar-refractivity contribution in [1.29, 1.82) is 0 Å². The van der Waals surface area contributed by atoms with E-state index in [0.717, 1.165) is 39.9 Å². The number of anilines is 3. The zero-order chi connectivity index (χ0) is 14.7. The Labute approximate surface area is 123 Å². The molecule has 5 nitrogen and oxygen atoms in total. The van der Waals surface area contributed by atoms with Crippen LogP contribution in [0, 0.1) is 13.8 Å². The smallest absolute Gasteiger partial charge is 0.148 e. The van der Waals surface area contributed by atoms with Gasteiger partial charge in [0.05, 0.1) is 0 Å². The highest BCUT2D eigenvalue weighted by Gasteiger charge is 2.10. The third-order valence-electron chi connectivity index (χ3n) is 3.08. The summed E-state index contributed by atoms with van der Waals surface area (Å²) in [6, 6.07) is 5.80. The average molecular weight is 292 g/mol. The second-order valence-corrected chi connectivity index (χ2v) is 4.96. The summed E-state index contributed by atoms with van der Waals surface area (Å²) >= 11 is 6.13. The van der Waals surface area contributed by atoms with E-state index in [1.807, 2.05) is 39.0 Å². The molecule has 0 aliphatic heterocycles. The van der Waals surface area contributed by atoms with Gasteiger partial charge in [0, 0.05) is 22.7 Å². The van der Waals surface area contributed by atoms with Crippen molar-refractivity contribution in [3.8, 4) is 0 Å². The van der Waals surface area contributed by atoms with Crippen LogP contribution in [0.15, 0.2) is 18.2 Å². The number of nitrogen functional groups attached to an aromatic ring is 1. The number of nitrogens with two attached hydrogens (primary N) is 1. The van der Waals surface area contributed by atoms with Gasteiger partial charge in [0.15, 0.2) is 0 Å². The van der Waals surface area contributed by atoms with Crippen LogP contribution in [0.3, 0.4) is 0 Å². The summed E-state index contributed by atoms with van der Waals surface area (Å²) < 4.78 is 0.